The maximum Gasteiger partial charge on any atom is 0.289 e. The molecule has 3 aromatic rings. The number of carbonyl (C=O) groups is 1. The highest BCUT2D eigenvalue weighted by atomic mass is 16.3. The van der Waals surface area contributed by atoms with E-state index in [0.717, 1.165) is 44.3 Å². The number of phenols is 2. The van der Waals surface area contributed by atoms with Crippen molar-refractivity contribution < 1.29 is 15.0 Å². The number of carbonyl (C=O) groups excluding carboxylic acids is 1. The number of phenolic OH excluding ortho intramolecular Hbond substituents is 2. The predicted molar refractivity (Wildman–Crippen MR) is 159 cm³/mol. The van der Waals surface area contributed by atoms with Crippen LogP contribution in [0.2, 0.25) is 0 Å². The van der Waals surface area contributed by atoms with Gasteiger partial charge in [-0.05, 0) is 81.6 Å². The minimum absolute atomic E-state index is 0.0239. The van der Waals surface area contributed by atoms with Crippen LogP contribution in [0.3, 0.4) is 0 Å². The molecular weight excluding hydrogens is 518 g/mol. The second-order valence-corrected chi connectivity index (χ2v) is 11.4. The van der Waals surface area contributed by atoms with Crippen LogP contribution >= 0.6 is 0 Å². The van der Waals surface area contributed by atoms with Gasteiger partial charge in [-0.15, -0.1) is 10.2 Å². The number of piperazine rings is 1. The number of likely N-dealkylation sites (tertiary alicyclic amines) is 1. The van der Waals surface area contributed by atoms with E-state index in [1.165, 1.54) is 44.1 Å². The lowest BCUT2D eigenvalue weighted by Gasteiger charge is -2.38. The Morgan fingerprint density at radius 3 is 2.27 bits per heavy atom. The molecule has 0 bridgehead atoms. The van der Waals surface area contributed by atoms with Crippen LogP contribution in [0.15, 0.2) is 36.4 Å². The van der Waals surface area contributed by atoms with Crippen molar-refractivity contribution in [2.75, 3.05) is 59.4 Å². The first-order chi connectivity index (χ1) is 19.9. The van der Waals surface area contributed by atoms with Gasteiger partial charge in [0.05, 0.1) is 5.56 Å². The largest absolute Gasteiger partial charge is 0.508 e. The van der Waals surface area contributed by atoms with Gasteiger partial charge in [0, 0.05) is 57.6 Å². The summed E-state index contributed by atoms with van der Waals surface area (Å²) in [6, 6.07) is 11.1. The Kier molecular flexibility index (Phi) is 9.22. The highest BCUT2D eigenvalue weighted by Gasteiger charge is 2.25. The molecule has 2 aliphatic rings. The number of hydrogen-bond donors (Lipinski definition) is 3. The third kappa shape index (κ3) is 6.72. The van der Waals surface area contributed by atoms with E-state index in [0.29, 0.717) is 29.9 Å². The van der Waals surface area contributed by atoms with Gasteiger partial charge in [-0.1, -0.05) is 19.1 Å². The summed E-state index contributed by atoms with van der Waals surface area (Å²) < 4.78 is 1.67. The van der Waals surface area contributed by atoms with Crippen LogP contribution in [0.4, 0.5) is 0 Å². The first-order valence-corrected chi connectivity index (χ1v) is 14.9. The fourth-order valence-corrected chi connectivity index (χ4v) is 5.92. The molecule has 0 saturated carbocycles. The zero-order valence-corrected chi connectivity index (χ0v) is 24.5. The third-order valence-electron chi connectivity index (χ3n) is 8.44. The quantitative estimate of drug-likeness (QED) is 0.366. The molecule has 0 atom stereocenters. The molecule has 41 heavy (non-hydrogen) atoms. The number of piperidine rings is 1. The molecule has 3 N–H and O–H groups in total. The summed E-state index contributed by atoms with van der Waals surface area (Å²) in [5.41, 5.74) is 3.01. The van der Waals surface area contributed by atoms with Gasteiger partial charge in [-0.25, -0.2) is 0 Å². The number of rotatable bonds is 9. The van der Waals surface area contributed by atoms with Gasteiger partial charge in [0.25, 0.3) is 5.91 Å². The Morgan fingerprint density at radius 2 is 1.61 bits per heavy atom. The zero-order chi connectivity index (χ0) is 28.9. The number of nitrogens with one attached hydrogen (secondary N) is 1. The summed E-state index contributed by atoms with van der Waals surface area (Å²) in [4.78, 5) is 20.5. The predicted octanol–water partition coefficient (Wildman–Crippen LogP) is 3.12. The standard InChI is InChI=1S/C31H43N7O3/c1-4-24-18-26(28(40)19-27(24)39)29-33-34-30(31(41)32-5-2)38(29)25-8-6-22(7-9-25)20-36-14-16-37(17-15-36)21-23-10-12-35(3)13-11-23/h6-9,18-19,23,39-40H,4-5,10-17,20-21H2,1-3H3,(H,32,41). The molecule has 220 valence electrons. The summed E-state index contributed by atoms with van der Waals surface area (Å²) in [7, 11) is 2.22. The van der Waals surface area contributed by atoms with E-state index in [4.69, 9.17) is 0 Å². The van der Waals surface area contributed by atoms with E-state index >= 15 is 0 Å². The zero-order valence-electron chi connectivity index (χ0n) is 24.5. The van der Waals surface area contributed by atoms with Crippen molar-refractivity contribution >= 4 is 5.91 Å². The number of benzene rings is 2. The Bertz CT molecular complexity index is 1320. The molecule has 2 aliphatic heterocycles. The molecule has 2 fully saturated rings. The molecule has 5 rings (SSSR count). The molecule has 3 heterocycles. The Balaban J connectivity index is 1.30. The summed E-state index contributed by atoms with van der Waals surface area (Å²) in [5.74, 6) is 0.863. The Labute approximate surface area is 242 Å². The normalized spacial score (nSPS) is 17.6. The molecule has 1 aromatic heterocycles. The Hall–Kier alpha value is -3.47. The van der Waals surface area contributed by atoms with Gasteiger partial charge in [-0.3, -0.25) is 14.3 Å². The van der Waals surface area contributed by atoms with E-state index < -0.39 is 0 Å². The molecule has 0 spiro atoms. The van der Waals surface area contributed by atoms with E-state index in [1.807, 2.05) is 26.0 Å². The second-order valence-electron chi connectivity index (χ2n) is 11.4. The van der Waals surface area contributed by atoms with Crippen LogP contribution in [0.25, 0.3) is 17.1 Å². The molecule has 10 heteroatoms. The van der Waals surface area contributed by atoms with Crippen molar-refractivity contribution in [2.45, 2.75) is 39.7 Å². The molecule has 2 saturated heterocycles. The fourth-order valence-electron chi connectivity index (χ4n) is 5.92. The lowest BCUT2D eigenvalue weighted by molar-refractivity contribution is 0.0943. The van der Waals surface area contributed by atoms with Gasteiger partial charge in [0.15, 0.2) is 5.82 Å². The molecule has 0 unspecified atom stereocenters. The van der Waals surface area contributed by atoms with Crippen LogP contribution in [-0.4, -0.2) is 105 Å². The number of aromatic hydroxyl groups is 2. The van der Waals surface area contributed by atoms with Crippen molar-refractivity contribution in [1.29, 1.82) is 0 Å². The minimum Gasteiger partial charge on any atom is -0.508 e. The maximum absolute atomic E-state index is 12.9. The highest BCUT2D eigenvalue weighted by molar-refractivity contribution is 5.92. The van der Waals surface area contributed by atoms with Crippen molar-refractivity contribution in [3.05, 3.63) is 53.3 Å². The SMILES string of the molecule is CCNC(=O)c1nnc(-c2cc(CC)c(O)cc2O)n1-c1ccc(CN2CCN(CC3CCN(C)CC3)CC2)cc1. The topological polar surface area (TPSA) is 110 Å². The van der Waals surface area contributed by atoms with Crippen molar-refractivity contribution in [3.63, 3.8) is 0 Å². The average molecular weight is 562 g/mol. The van der Waals surface area contributed by atoms with Gasteiger partial charge in [0.2, 0.25) is 5.82 Å². The molecule has 0 radical (unpaired) electrons. The average Bonchev–Trinajstić information content (AvgIpc) is 3.41. The van der Waals surface area contributed by atoms with Crippen molar-refractivity contribution in [2.24, 2.45) is 5.92 Å². The van der Waals surface area contributed by atoms with Gasteiger partial charge in [0.1, 0.15) is 11.5 Å². The van der Waals surface area contributed by atoms with Crippen LogP contribution in [0.1, 0.15) is 48.4 Å². The lowest BCUT2D eigenvalue weighted by atomic mass is 9.96. The third-order valence-corrected chi connectivity index (χ3v) is 8.44. The summed E-state index contributed by atoms with van der Waals surface area (Å²) >= 11 is 0. The second kappa shape index (κ2) is 13.0. The number of aromatic nitrogens is 3. The van der Waals surface area contributed by atoms with Crippen LogP contribution in [-0.2, 0) is 13.0 Å². The maximum atomic E-state index is 12.9. The number of nitrogens with zero attached hydrogens (tertiary/aromatic N) is 6. The molecule has 0 aliphatic carbocycles. The van der Waals surface area contributed by atoms with E-state index in [-0.39, 0.29) is 23.2 Å². The van der Waals surface area contributed by atoms with Crippen molar-refractivity contribution in [3.8, 4) is 28.6 Å². The molecule has 1 amide bonds. The van der Waals surface area contributed by atoms with Gasteiger partial charge in [-0.2, -0.15) is 0 Å². The Morgan fingerprint density at radius 1 is 0.927 bits per heavy atom. The first-order valence-electron chi connectivity index (χ1n) is 14.9. The number of amides is 1. The summed E-state index contributed by atoms with van der Waals surface area (Å²) in [6.07, 6.45) is 3.20. The van der Waals surface area contributed by atoms with Crippen LogP contribution in [0, 0.1) is 5.92 Å². The lowest BCUT2D eigenvalue weighted by Crippen LogP contribution is -2.48. The van der Waals surface area contributed by atoms with E-state index in [2.05, 4.69) is 49.4 Å². The van der Waals surface area contributed by atoms with Crippen molar-refractivity contribution in [1.82, 2.24) is 34.8 Å². The monoisotopic (exact) mass is 561 g/mol. The number of aryl methyl sites for hydroxylation is 1. The molecule has 2 aromatic carbocycles. The number of hydrogen-bond acceptors (Lipinski definition) is 8. The van der Waals surface area contributed by atoms with Crippen LogP contribution < -0.4 is 5.32 Å². The molecule has 10 nitrogen and oxygen atoms in total. The fraction of sp³-hybridized carbons (Fsp3) is 0.516. The van der Waals surface area contributed by atoms with Crippen LogP contribution in [0.5, 0.6) is 11.5 Å². The first kappa shape index (κ1) is 29.0. The smallest absolute Gasteiger partial charge is 0.289 e. The van der Waals surface area contributed by atoms with Gasteiger partial charge < -0.3 is 25.3 Å². The summed E-state index contributed by atoms with van der Waals surface area (Å²) in [5, 5.41) is 32.2. The van der Waals surface area contributed by atoms with E-state index in [1.54, 1.807) is 10.6 Å². The summed E-state index contributed by atoms with van der Waals surface area (Å²) in [6.45, 7) is 13.1. The minimum atomic E-state index is -0.345. The van der Waals surface area contributed by atoms with Gasteiger partial charge >= 0.3 is 0 Å². The van der Waals surface area contributed by atoms with E-state index in [9.17, 15) is 15.0 Å². The highest BCUT2D eigenvalue weighted by Crippen LogP contribution is 2.35. The molecular formula is C31H43N7O3.